The molecule has 0 saturated carbocycles. The summed E-state index contributed by atoms with van der Waals surface area (Å²) < 4.78 is 11.3. The third kappa shape index (κ3) is 3.81. The summed E-state index contributed by atoms with van der Waals surface area (Å²) in [4.78, 5) is 12.8. The van der Waals surface area contributed by atoms with Gasteiger partial charge in [0.25, 0.3) is 0 Å². The molecule has 0 bridgehead atoms. The molecule has 0 amide bonds. The van der Waals surface area contributed by atoms with E-state index in [0.717, 1.165) is 27.9 Å². The number of nitrogens with two attached hydrogens (primary N) is 1. The van der Waals surface area contributed by atoms with Crippen LogP contribution in [0.2, 0.25) is 0 Å². The Morgan fingerprint density at radius 3 is 2.62 bits per heavy atom. The van der Waals surface area contributed by atoms with Gasteiger partial charge in [0.1, 0.15) is 10.6 Å². The number of carbonyl (C=O) groups is 1. The van der Waals surface area contributed by atoms with Crippen LogP contribution in [0.15, 0.2) is 48.5 Å². The van der Waals surface area contributed by atoms with E-state index in [1.165, 1.54) is 24.0 Å². The zero-order valence-corrected chi connectivity index (χ0v) is 15.6. The van der Waals surface area contributed by atoms with Crippen molar-refractivity contribution >= 4 is 33.1 Å². The van der Waals surface area contributed by atoms with Crippen LogP contribution in [0.4, 0.5) is 5.69 Å². The van der Waals surface area contributed by atoms with Crippen molar-refractivity contribution in [2.45, 2.75) is 12.5 Å². The van der Waals surface area contributed by atoms with Gasteiger partial charge in [0, 0.05) is 22.7 Å². The SMILES string of the molecule is COC(=O)c1sc2ccc(OC)cc2c1N[C@@H](CN)Cc1ccccc1. The first-order valence-corrected chi connectivity index (χ1v) is 9.17. The number of benzene rings is 2. The van der Waals surface area contributed by atoms with Crippen molar-refractivity contribution in [2.75, 3.05) is 26.1 Å². The van der Waals surface area contributed by atoms with Crippen LogP contribution in [0.1, 0.15) is 15.2 Å². The van der Waals surface area contributed by atoms with Crippen molar-refractivity contribution in [2.24, 2.45) is 5.73 Å². The second kappa shape index (κ2) is 8.21. The summed E-state index contributed by atoms with van der Waals surface area (Å²) in [6, 6.07) is 15.9. The van der Waals surface area contributed by atoms with E-state index in [-0.39, 0.29) is 12.0 Å². The summed E-state index contributed by atoms with van der Waals surface area (Å²) in [6.45, 7) is 0.441. The number of rotatable bonds is 7. The van der Waals surface area contributed by atoms with Crippen LogP contribution >= 0.6 is 11.3 Å². The molecule has 0 spiro atoms. The average Bonchev–Trinajstić information content (AvgIpc) is 3.05. The summed E-state index contributed by atoms with van der Waals surface area (Å²) in [5.74, 6) is 0.380. The number of fused-ring (bicyclic) bond motifs is 1. The van der Waals surface area contributed by atoms with Gasteiger partial charge in [0.15, 0.2) is 0 Å². The number of ether oxygens (including phenoxy) is 2. The number of hydrogen-bond donors (Lipinski definition) is 2. The molecule has 1 aromatic heterocycles. The van der Waals surface area contributed by atoms with Gasteiger partial charge in [-0.1, -0.05) is 30.3 Å². The zero-order valence-electron chi connectivity index (χ0n) is 14.8. The van der Waals surface area contributed by atoms with Gasteiger partial charge in [-0.05, 0) is 30.2 Å². The third-order valence-electron chi connectivity index (χ3n) is 4.22. The van der Waals surface area contributed by atoms with E-state index < -0.39 is 0 Å². The zero-order chi connectivity index (χ0) is 18.5. The number of carbonyl (C=O) groups excluding carboxylic acids is 1. The molecule has 0 aliphatic carbocycles. The predicted molar refractivity (Wildman–Crippen MR) is 106 cm³/mol. The highest BCUT2D eigenvalue weighted by Gasteiger charge is 2.22. The molecule has 3 aromatic rings. The number of thiophene rings is 1. The molecule has 1 heterocycles. The first-order chi connectivity index (χ1) is 12.7. The van der Waals surface area contributed by atoms with Crippen LogP contribution in [-0.4, -0.2) is 32.8 Å². The maximum atomic E-state index is 12.3. The normalized spacial score (nSPS) is 12.0. The third-order valence-corrected chi connectivity index (χ3v) is 5.37. The summed E-state index contributed by atoms with van der Waals surface area (Å²) in [5.41, 5.74) is 7.94. The molecule has 0 aliphatic heterocycles. The van der Waals surface area contributed by atoms with Gasteiger partial charge in [-0.15, -0.1) is 11.3 Å². The smallest absolute Gasteiger partial charge is 0.350 e. The topological polar surface area (TPSA) is 73.6 Å². The van der Waals surface area contributed by atoms with Gasteiger partial charge in [-0.25, -0.2) is 4.79 Å². The van der Waals surface area contributed by atoms with Crippen LogP contribution in [-0.2, 0) is 11.2 Å². The van der Waals surface area contributed by atoms with Gasteiger partial charge in [0.05, 0.1) is 19.9 Å². The summed E-state index contributed by atoms with van der Waals surface area (Å²) in [5, 5.41) is 4.40. The molecule has 0 unspecified atom stereocenters. The molecular weight excluding hydrogens is 348 g/mol. The maximum Gasteiger partial charge on any atom is 0.350 e. The van der Waals surface area contributed by atoms with Crippen molar-refractivity contribution in [3.8, 4) is 5.75 Å². The lowest BCUT2D eigenvalue weighted by Gasteiger charge is -2.19. The average molecular weight is 370 g/mol. The fourth-order valence-corrected chi connectivity index (χ4v) is 3.94. The quantitative estimate of drug-likeness (QED) is 0.621. The van der Waals surface area contributed by atoms with Crippen molar-refractivity contribution in [1.29, 1.82) is 0 Å². The lowest BCUT2D eigenvalue weighted by molar-refractivity contribution is 0.0607. The van der Waals surface area contributed by atoms with E-state index in [0.29, 0.717) is 11.4 Å². The van der Waals surface area contributed by atoms with Crippen LogP contribution in [0.25, 0.3) is 10.1 Å². The number of methoxy groups -OCH3 is 2. The monoisotopic (exact) mass is 370 g/mol. The van der Waals surface area contributed by atoms with Gasteiger partial charge in [0.2, 0.25) is 0 Å². The Kier molecular flexibility index (Phi) is 5.75. The molecule has 26 heavy (non-hydrogen) atoms. The van der Waals surface area contributed by atoms with E-state index in [2.05, 4.69) is 17.4 Å². The van der Waals surface area contributed by atoms with Crippen molar-refractivity contribution < 1.29 is 14.3 Å². The summed E-state index contributed by atoms with van der Waals surface area (Å²) in [6.07, 6.45) is 0.763. The number of esters is 1. The maximum absolute atomic E-state index is 12.3. The number of hydrogen-bond acceptors (Lipinski definition) is 6. The van der Waals surface area contributed by atoms with E-state index in [9.17, 15) is 4.79 Å². The Balaban J connectivity index is 1.98. The van der Waals surface area contributed by atoms with Gasteiger partial charge >= 0.3 is 5.97 Å². The van der Waals surface area contributed by atoms with Gasteiger partial charge in [-0.3, -0.25) is 0 Å². The van der Waals surface area contributed by atoms with Gasteiger partial charge < -0.3 is 20.5 Å². The van der Waals surface area contributed by atoms with E-state index in [4.69, 9.17) is 15.2 Å². The Labute approximate surface area is 156 Å². The lowest BCUT2D eigenvalue weighted by Crippen LogP contribution is -2.31. The summed E-state index contributed by atoms with van der Waals surface area (Å²) in [7, 11) is 3.02. The fraction of sp³-hybridized carbons (Fsp3) is 0.250. The molecule has 0 aliphatic rings. The van der Waals surface area contributed by atoms with Crippen molar-refractivity contribution in [3.63, 3.8) is 0 Å². The molecule has 1 atom stereocenters. The molecule has 6 heteroatoms. The highest BCUT2D eigenvalue weighted by Crippen LogP contribution is 2.38. The second-order valence-electron chi connectivity index (χ2n) is 5.93. The van der Waals surface area contributed by atoms with Crippen molar-refractivity contribution in [1.82, 2.24) is 0 Å². The molecule has 3 rings (SSSR count). The Hall–Kier alpha value is -2.57. The van der Waals surface area contributed by atoms with Crippen LogP contribution in [0.3, 0.4) is 0 Å². The minimum atomic E-state index is -0.358. The fourth-order valence-electron chi connectivity index (χ4n) is 2.88. The van der Waals surface area contributed by atoms with E-state index in [1.54, 1.807) is 7.11 Å². The first-order valence-electron chi connectivity index (χ1n) is 8.35. The molecule has 0 fully saturated rings. The molecule has 0 radical (unpaired) electrons. The summed E-state index contributed by atoms with van der Waals surface area (Å²) >= 11 is 1.40. The minimum Gasteiger partial charge on any atom is -0.497 e. The van der Waals surface area contributed by atoms with Crippen LogP contribution in [0, 0.1) is 0 Å². The van der Waals surface area contributed by atoms with E-state index >= 15 is 0 Å². The van der Waals surface area contributed by atoms with E-state index in [1.807, 2.05) is 36.4 Å². The molecule has 136 valence electrons. The molecule has 0 saturated heterocycles. The minimum absolute atomic E-state index is 0.00944. The molecule has 3 N–H and O–H groups in total. The Bertz CT molecular complexity index is 893. The molecule has 5 nitrogen and oxygen atoms in total. The number of nitrogens with one attached hydrogen (secondary N) is 1. The first kappa shape index (κ1) is 18.2. The number of anilines is 1. The van der Waals surface area contributed by atoms with Crippen molar-refractivity contribution in [3.05, 3.63) is 59.0 Å². The molecular formula is C20H22N2O3S. The molecule has 2 aromatic carbocycles. The highest BCUT2D eigenvalue weighted by atomic mass is 32.1. The largest absolute Gasteiger partial charge is 0.497 e. The standard InChI is InChI=1S/C20H22N2O3S/c1-24-15-8-9-17-16(11-15)18(19(26-17)20(23)25-2)22-14(12-21)10-13-6-4-3-5-7-13/h3-9,11,14,22H,10,12,21H2,1-2H3/t14-/m1/s1. The highest BCUT2D eigenvalue weighted by molar-refractivity contribution is 7.21. The lowest BCUT2D eigenvalue weighted by atomic mass is 10.1. The van der Waals surface area contributed by atoms with Gasteiger partial charge in [-0.2, -0.15) is 0 Å². The predicted octanol–water partition coefficient (Wildman–Crippen LogP) is 3.68. The van der Waals surface area contributed by atoms with Crippen LogP contribution < -0.4 is 15.8 Å². The Morgan fingerprint density at radius 2 is 1.96 bits per heavy atom. The Morgan fingerprint density at radius 1 is 1.19 bits per heavy atom. The second-order valence-corrected chi connectivity index (χ2v) is 6.98. The van der Waals surface area contributed by atoms with Crippen LogP contribution in [0.5, 0.6) is 5.75 Å².